The average molecular weight is 372 g/mol. The van der Waals surface area contributed by atoms with Crippen molar-refractivity contribution in [2.45, 2.75) is 25.9 Å². The summed E-state index contributed by atoms with van der Waals surface area (Å²) in [6, 6.07) is 12.1. The Labute approximate surface area is 160 Å². The topological polar surface area (TPSA) is 75.0 Å². The molecular weight excluding hydrogens is 344 g/mol. The van der Waals surface area contributed by atoms with Crippen LogP contribution in [0, 0.1) is 0 Å². The standard InChI is InChI=1S/C11H15NO2.C10H13NO2/c1-8(12-2)9-4-3-5-10-11(9)14-7-6-13-10;1-7(11)8-3-2-4-9-10(8)13-6-5-12-9/h3-5,8,12H,6-7H2,1-2H3;2-4,7H,5-6,11H2,1H3. The lowest BCUT2D eigenvalue weighted by Gasteiger charge is -2.23. The van der Waals surface area contributed by atoms with Crippen molar-refractivity contribution >= 4 is 0 Å². The van der Waals surface area contributed by atoms with E-state index in [2.05, 4.69) is 18.3 Å². The Hall–Kier alpha value is -2.44. The maximum absolute atomic E-state index is 5.80. The summed E-state index contributed by atoms with van der Waals surface area (Å²) in [5.41, 5.74) is 7.97. The smallest absolute Gasteiger partial charge is 0.166 e. The Kier molecular flexibility index (Phi) is 6.42. The first-order valence-corrected chi connectivity index (χ1v) is 9.31. The quantitative estimate of drug-likeness (QED) is 0.862. The third-order valence-electron chi connectivity index (χ3n) is 4.58. The van der Waals surface area contributed by atoms with Crippen molar-refractivity contribution < 1.29 is 18.9 Å². The molecule has 0 fully saturated rings. The van der Waals surface area contributed by atoms with Crippen molar-refractivity contribution in [1.82, 2.24) is 5.32 Å². The molecule has 0 radical (unpaired) electrons. The molecule has 27 heavy (non-hydrogen) atoms. The van der Waals surface area contributed by atoms with Crippen molar-refractivity contribution in [3.05, 3.63) is 47.5 Å². The van der Waals surface area contributed by atoms with Crippen LogP contribution in [0.15, 0.2) is 36.4 Å². The van der Waals surface area contributed by atoms with Gasteiger partial charge in [-0.15, -0.1) is 0 Å². The molecule has 6 heteroatoms. The van der Waals surface area contributed by atoms with E-state index in [-0.39, 0.29) is 12.1 Å². The van der Waals surface area contributed by atoms with Gasteiger partial charge in [0.1, 0.15) is 26.4 Å². The lowest BCUT2D eigenvalue weighted by Crippen LogP contribution is -2.19. The first kappa shape index (κ1) is 19.3. The van der Waals surface area contributed by atoms with Gasteiger partial charge in [0.25, 0.3) is 0 Å². The molecule has 146 valence electrons. The van der Waals surface area contributed by atoms with E-state index >= 15 is 0 Å². The van der Waals surface area contributed by atoms with Crippen LogP contribution in [0.4, 0.5) is 0 Å². The second kappa shape index (κ2) is 8.97. The molecule has 0 spiro atoms. The molecule has 0 amide bonds. The lowest BCUT2D eigenvalue weighted by molar-refractivity contribution is 0.169. The predicted octanol–water partition coefficient (Wildman–Crippen LogP) is 3.22. The second-order valence-electron chi connectivity index (χ2n) is 6.54. The first-order valence-electron chi connectivity index (χ1n) is 9.31. The van der Waals surface area contributed by atoms with Gasteiger partial charge < -0.3 is 30.0 Å². The van der Waals surface area contributed by atoms with Gasteiger partial charge in [0.05, 0.1) is 0 Å². The fourth-order valence-corrected chi connectivity index (χ4v) is 3.05. The minimum Gasteiger partial charge on any atom is -0.486 e. The van der Waals surface area contributed by atoms with Gasteiger partial charge in [-0.1, -0.05) is 24.3 Å². The highest BCUT2D eigenvalue weighted by molar-refractivity contribution is 5.49. The highest BCUT2D eigenvalue weighted by Gasteiger charge is 2.18. The Bertz CT molecular complexity index is 764. The molecular formula is C21H28N2O4. The van der Waals surface area contributed by atoms with Crippen molar-refractivity contribution in [2.24, 2.45) is 5.73 Å². The summed E-state index contributed by atoms with van der Waals surface area (Å²) in [4.78, 5) is 0. The zero-order valence-electron chi connectivity index (χ0n) is 16.2. The fraction of sp³-hybridized carbons (Fsp3) is 0.429. The van der Waals surface area contributed by atoms with E-state index in [0.29, 0.717) is 26.4 Å². The van der Waals surface area contributed by atoms with Crippen LogP contribution in [0.1, 0.15) is 37.1 Å². The number of hydrogen-bond acceptors (Lipinski definition) is 6. The summed E-state index contributed by atoms with van der Waals surface area (Å²) in [6.07, 6.45) is 0. The van der Waals surface area contributed by atoms with Crippen molar-refractivity contribution in [3.8, 4) is 23.0 Å². The summed E-state index contributed by atoms with van der Waals surface area (Å²) in [7, 11) is 1.94. The molecule has 2 aliphatic rings. The van der Waals surface area contributed by atoms with Crippen LogP contribution < -0.4 is 30.0 Å². The zero-order chi connectivity index (χ0) is 19.2. The van der Waals surface area contributed by atoms with Crippen molar-refractivity contribution in [1.29, 1.82) is 0 Å². The van der Waals surface area contributed by atoms with Crippen LogP contribution in [0.2, 0.25) is 0 Å². The van der Waals surface area contributed by atoms with Gasteiger partial charge in [0.2, 0.25) is 0 Å². The number of ether oxygens (including phenoxy) is 4. The highest BCUT2D eigenvalue weighted by atomic mass is 16.6. The number of rotatable bonds is 3. The van der Waals surface area contributed by atoms with Crippen molar-refractivity contribution in [3.63, 3.8) is 0 Å². The molecule has 0 saturated carbocycles. The molecule has 2 heterocycles. The maximum Gasteiger partial charge on any atom is 0.166 e. The van der Waals surface area contributed by atoms with Crippen LogP contribution in [0.3, 0.4) is 0 Å². The fourth-order valence-electron chi connectivity index (χ4n) is 3.05. The molecule has 2 aromatic rings. The van der Waals surface area contributed by atoms with Gasteiger partial charge >= 0.3 is 0 Å². The van der Waals surface area contributed by atoms with Gasteiger partial charge in [0.15, 0.2) is 23.0 Å². The van der Waals surface area contributed by atoms with Crippen LogP contribution >= 0.6 is 0 Å². The van der Waals surface area contributed by atoms with Gasteiger partial charge in [-0.3, -0.25) is 0 Å². The van der Waals surface area contributed by atoms with E-state index in [4.69, 9.17) is 24.7 Å². The SMILES string of the molecule is CC(N)c1cccc2c1OCCO2.CNC(C)c1cccc2c1OCCO2. The Morgan fingerprint density at radius 3 is 1.78 bits per heavy atom. The van der Waals surface area contributed by atoms with Gasteiger partial charge in [-0.2, -0.15) is 0 Å². The van der Waals surface area contributed by atoms with Crippen LogP contribution in [0.5, 0.6) is 23.0 Å². The Morgan fingerprint density at radius 2 is 1.26 bits per heavy atom. The third-order valence-corrected chi connectivity index (χ3v) is 4.58. The third kappa shape index (κ3) is 4.46. The first-order chi connectivity index (χ1) is 13.1. The summed E-state index contributed by atoms with van der Waals surface area (Å²) in [6.45, 7) is 6.55. The molecule has 2 unspecified atom stereocenters. The Balaban J connectivity index is 0.000000156. The van der Waals surface area contributed by atoms with Crippen LogP contribution in [0.25, 0.3) is 0 Å². The van der Waals surface area contributed by atoms with E-state index < -0.39 is 0 Å². The minimum absolute atomic E-state index is 0.0170. The molecule has 2 aliphatic heterocycles. The molecule has 2 aromatic carbocycles. The summed E-state index contributed by atoms with van der Waals surface area (Å²) in [5.74, 6) is 3.36. The molecule has 3 N–H and O–H groups in total. The minimum atomic E-state index is -0.0170. The average Bonchev–Trinajstić information content (AvgIpc) is 2.72. The molecule has 2 atom stereocenters. The molecule has 0 bridgehead atoms. The summed E-state index contributed by atoms with van der Waals surface area (Å²) in [5, 5.41) is 3.20. The van der Waals surface area contributed by atoms with E-state index in [1.54, 1.807) is 0 Å². The number of fused-ring (bicyclic) bond motifs is 2. The van der Waals surface area contributed by atoms with Gasteiger partial charge in [-0.25, -0.2) is 0 Å². The van der Waals surface area contributed by atoms with Crippen molar-refractivity contribution in [2.75, 3.05) is 33.5 Å². The summed E-state index contributed by atoms with van der Waals surface area (Å²) >= 11 is 0. The molecule has 4 rings (SSSR count). The van der Waals surface area contributed by atoms with Gasteiger partial charge in [0, 0.05) is 23.2 Å². The summed E-state index contributed by atoms with van der Waals surface area (Å²) < 4.78 is 22.1. The van der Waals surface area contributed by atoms with Crippen LogP contribution in [-0.2, 0) is 0 Å². The largest absolute Gasteiger partial charge is 0.486 e. The Morgan fingerprint density at radius 1 is 0.778 bits per heavy atom. The molecule has 0 aliphatic carbocycles. The predicted molar refractivity (Wildman–Crippen MR) is 105 cm³/mol. The zero-order valence-corrected chi connectivity index (χ0v) is 16.2. The number of nitrogens with one attached hydrogen (secondary N) is 1. The number of nitrogens with two attached hydrogens (primary N) is 1. The van der Waals surface area contributed by atoms with E-state index in [9.17, 15) is 0 Å². The van der Waals surface area contributed by atoms with Gasteiger partial charge in [-0.05, 0) is 33.0 Å². The highest BCUT2D eigenvalue weighted by Crippen LogP contribution is 2.37. The van der Waals surface area contributed by atoms with E-state index in [1.807, 2.05) is 44.3 Å². The van der Waals surface area contributed by atoms with E-state index in [0.717, 1.165) is 34.1 Å². The molecule has 0 saturated heterocycles. The lowest BCUT2D eigenvalue weighted by atomic mass is 10.1. The van der Waals surface area contributed by atoms with E-state index in [1.165, 1.54) is 0 Å². The number of para-hydroxylation sites is 2. The molecule has 6 nitrogen and oxygen atoms in total. The number of benzene rings is 2. The molecule has 0 aromatic heterocycles. The monoisotopic (exact) mass is 372 g/mol. The maximum atomic E-state index is 5.80. The number of hydrogen-bond donors (Lipinski definition) is 2. The van der Waals surface area contributed by atoms with Crippen LogP contribution in [-0.4, -0.2) is 33.5 Å². The normalized spacial score (nSPS) is 16.6. The second-order valence-corrected chi connectivity index (χ2v) is 6.54.